The minimum Gasteiger partial charge on any atom is -0.494 e. The Morgan fingerprint density at radius 3 is 2.29 bits per heavy atom. The van der Waals surface area contributed by atoms with Crippen molar-refractivity contribution in [3.63, 3.8) is 0 Å². The lowest BCUT2D eigenvalue weighted by Gasteiger charge is -2.14. The number of hydrogen-bond acceptors (Lipinski definition) is 5. The maximum atomic E-state index is 12.6. The summed E-state index contributed by atoms with van der Waals surface area (Å²) in [5.74, 6) is -0.788. The number of ether oxygens (including phenoxy) is 2. The molecule has 0 aliphatic carbocycles. The predicted molar refractivity (Wildman–Crippen MR) is 86.5 cm³/mol. The Morgan fingerprint density at radius 1 is 1.00 bits per heavy atom. The smallest absolute Gasteiger partial charge is 0.337 e. The fourth-order valence-electron chi connectivity index (χ4n) is 2.58. The third-order valence-corrected chi connectivity index (χ3v) is 3.71. The molecule has 0 fully saturated rings. The largest absolute Gasteiger partial charge is 0.494 e. The molecule has 24 heavy (non-hydrogen) atoms. The van der Waals surface area contributed by atoms with Crippen LogP contribution in [0.25, 0.3) is 0 Å². The van der Waals surface area contributed by atoms with Crippen LogP contribution in [0.4, 0.5) is 5.69 Å². The lowest BCUT2D eigenvalue weighted by Crippen LogP contribution is -2.29. The van der Waals surface area contributed by atoms with Gasteiger partial charge in [-0.25, -0.2) is 9.69 Å². The van der Waals surface area contributed by atoms with Gasteiger partial charge in [0, 0.05) is 0 Å². The number of rotatable bonds is 4. The number of carbonyl (C=O) groups excluding carboxylic acids is 3. The van der Waals surface area contributed by atoms with Crippen LogP contribution in [-0.2, 0) is 4.74 Å². The van der Waals surface area contributed by atoms with Crippen molar-refractivity contribution >= 4 is 23.5 Å². The van der Waals surface area contributed by atoms with Gasteiger partial charge < -0.3 is 9.47 Å². The molecule has 0 spiro atoms. The van der Waals surface area contributed by atoms with E-state index in [1.165, 1.54) is 25.3 Å². The molecule has 1 aliphatic rings. The van der Waals surface area contributed by atoms with Gasteiger partial charge in [0.2, 0.25) is 0 Å². The molecule has 0 radical (unpaired) electrons. The van der Waals surface area contributed by atoms with Crippen molar-refractivity contribution < 1.29 is 23.9 Å². The molecule has 1 aliphatic heterocycles. The van der Waals surface area contributed by atoms with Gasteiger partial charge in [0.15, 0.2) is 0 Å². The molecule has 0 unspecified atom stereocenters. The van der Waals surface area contributed by atoms with Crippen LogP contribution in [0.15, 0.2) is 42.5 Å². The van der Waals surface area contributed by atoms with E-state index in [-0.39, 0.29) is 16.7 Å². The van der Waals surface area contributed by atoms with E-state index in [4.69, 9.17) is 4.74 Å². The molecule has 0 bridgehead atoms. The van der Waals surface area contributed by atoms with Crippen molar-refractivity contribution in [2.24, 2.45) is 0 Å². The topological polar surface area (TPSA) is 72.9 Å². The van der Waals surface area contributed by atoms with E-state index in [2.05, 4.69) is 4.74 Å². The second kappa shape index (κ2) is 6.16. The molecule has 0 aromatic heterocycles. The predicted octanol–water partition coefficient (Wildman–Crippen LogP) is 2.67. The maximum Gasteiger partial charge on any atom is 0.337 e. The van der Waals surface area contributed by atoms with Crippen molar-refractivity contribution in [2.45, 2.75) is 6.92 Å². The lowest BCUT2D eigenvalue weighted by atomic mass is 10.1. The first kappa shape index (κ1) is 15.7. The van der Waals surface area contributed by atoms with Gasteiger partial charge in [-0.05, 0) is 49.4 Å². The minimum atomic E-state index is -0.558. The number of imide groups is 1. The van der Waals surface area contributed by atoms with Crippen molar-refractivity contribution in [3.05, 3.63) is 59.2 Å². The van der Waals surface area contributed by atoms with Gasteiger partial charge in [-0.15, -0.1) is 0 Å². The zero-order chi connectivity index (χ0) is 17.3. The average molecular weight is 325 g/mol. The molecule has 1 heterocycles. The molecule has 0 N–H and O–H groups in total. The van der Waals surface area contributed by atoms with Crippen LogP contribution in [0.5, 0.6) is 5.75 Å². The van der Waals surface area contributed by atoms with Crippen molar-refractivity contribution in [1.82, 2.24) is 0 Å². The summed E-state index contributed by atoms with van der Waals surface area (Å²) in [6, 6.07) is 11.0. The molecule has 6 nitrogen and oxygen atoms in total. The van der Waals surface area contributed by atoms with E-state index in [0.29, 0.717) is 18.0 Å². The fraction of sp³-hybridized carbons (Fsp3) is 0.167. The average Bonchev–Trinajstić information content (AvgIpc) is 2.86. The Hall–Kier alpha value is -3.15. The third kappa shape index (κ3) is 2.52. The highest BCUT2D eigenvalue weighted by Gasteiger charge is 2.37. The first-order valence-electron chi connectivity index (χ1n) is 7.40. The van der Waals surface area contributed by atoms with Crippen molar-refractivity contribution in [1.29, 1.82) is 0 Å². The second-order valence-corrected chi connectivity index (χ2v) is 5.12. The number of anilines is 1. The maximum absolute atomic E-state index is 12.6. The first-order valence-corrected chi connectivity index (χ1v) is 7.40. The summed E-state index contributed by atoms with van der Waals surface area (Å²) in [6.07, 6.45) is 0. The molecule has 3 rings (SSSR count). The quantitative estimate of drug-likeness (QED) is 0.638. The normalized spacial score (nSPS) is 13.0. The molecule has 0 saturated heterocycles. The Bertz CT molecular complexity index is 826. The number of methoxy groups -OCH3 is 1. The Labute approximate surface area is 138 Å². The van der Waals surface area contributed by atoms with Gasteiger partial charge in [-0.3, -0.25) is 9.59 Å². The number of hydrogen-bond donors (Lipinski definition) is 0. The van der Waals surface area contributed by atoms with Gasteiger partial charge in [-0.2, -0.15) is 0 Å². The molecule has 122 valence electrons. The molecule has 2 aromatic rings. The zero-order valence-electron chi connectivity index (χ0n) is 13.2. The van der Waals surface area contributed by atoms with Gasteiger partial charge in [0.25, 0.3) is 11.8 Å². The van der Waals surface area contributed by atoms with E-state index >= 15 is 0 Å². The van der Waals surface area contributed by atoms with E-state index in [9.17, 15) is 14.4 Å². The first-order chi connectivity index (χ1) is 11.6. The summed E-state index contributed by atoms with van der Waals surface area (Å²) in [7, 11) is 1.26. The van der Waals surface area contributed by atoms with Crippen molar-refractivity contribution in [2.75, 3.05) is 18.6 Å². The third-order valence-electron chi connectivity index (χ3n) is 3.71. The summed E-state index contributed by atoms with van der Waals surface area (Å²) in [5.41, 5.74) is 1.13. The van der Waals surface area contributed by atoms with E-state index in [1.807, 2.05) is 6.92 Å². The zero-order valence-corrected chi connectivity index (χ0v) is 13.2. The number of esters is 1. The van der Waals surface area contributed by atoms with Crippen LogP contribution >= 0.6 is 0 Å². The fourth-order valence-corrected chi connectivity index (χ4v) is 2.58. The summed E-state index contributed by atoms with van der Waals surface area (Å²) in [6.45, 7) is 2.40. The summed E-state index contributed by atoms with van der Waals surface area (Å²) in [4.78, 5) is 37.8. The highest BCUT2D eigenvalue weighted by Crippen LogP contribution is 2.30. The number of nitrogens with zero attached hydrogens (tertiary/aromatic N) is 1. The van der Waals surface area contributed by atoms with Gasteiger partial charge in [-0.1, -0.05) is 0 Å². The number of benzene rings is 2. The van der Waals surface area contributed by atoms with Crippen LogP contribution < -0.4 is 9.64 Å². The van der Waals surface area contributed by atoms with Gasteiger partial charge >= 0.3 is 5.97 Å². The summed E-state index contributed by atoms with van der Waals surface area (Å²) >= 11 is 0. The van der Waals surface area contributed by atoms with E-state index in [1.54, 1.807) is 24.3 Å². The molecule has 6 heteroatoms. The van der Waals surface area contributed by atoms with Crippen LogP contribution in [0.2, 0.25) is 0 Å². The minimum absolute atomic E-state index is 0.191. The van der Waals surface area contributed by atoms with Crippen LogP contribution in [-0.4, -0.2) is 31.5 Å². The molecular formula is C18H15NO5. The van der Waals surface area contributed by atoms with E-state index < -0.39 is 17.8 Å². The Balaban J connectivity index is 1.96. The van der Waals surface area contributed by atoms with Crippen LogP contribution in [0, 0.1) is 0 Å². The van der Waals surface area contributed by atoms with Gasteiger partial charge in [0.05, 0.1) is 36.1 Å². The lowest BCUT2D eigenvalue weighted by molar-refractivity contribution is 0.0600. The molecule has 0 atom stereocenters. The number of amides is 2. The Morgan fingerprint density at radius 2 is 1.67 bits per heavy atom. The summed E-state index contributed by atoms with van der Waals surface area (Å²) < 4.78 is 10.00. The molecular weight excluding hydrogens is 310 g/mol. The molecule has 2 amide bonds. The molecule has 0 saturated carbocycles. The van der Waals surface area contributed by atoms with Crippen LogP contribution in [0.3, 0.4) is 0 Å². The standard InChI is InChI=1S/C18H15NO5/c1-3-24-13-7-5-12(6-8-13)19-16(20)14-9-4-11(18(22)23-2)10-15(14)17(19)21/h4-10H,3H2,1-2H3. The van der Waals surface area contributed by atoms with E-state index in [0.717, 1.165) is 4.90 Å². The van der Waals surface area contributed by atoms with Crippen LogP contribution in [0.1, 0.15) is 38.0 Å². The Kier molecular flexibility index (Phi) is 4.04. The number of carbonyl (C=O) groups is 3. The second-order valence-electron chi connectivity index (χ2n) is 5.12. The molecule has 2 aromatic carbocycles. The van der Waals surface area contributed by atoms with Crippen molar-refractivity contribution in [3.8, 4) is 5.75 Å². The summed E-state index contributed by atoms with van der Waals surface area (Å²) in [5, 5.41) is 0. The highest BCUT2D eigenvalue weighted by atomic mass is 16.5. The number of fused-ring (bicyclic) bond motifs is 1. The monoisotopic (exact) mass is 325 g/mol. The highest BCUT2D eigenvalue weighted by molar-refractivity contribution is 6.34. The van der Waals surface area contributed by atoms with Gasteiger partial charge in [0.1, 0.15) is 5.75 Å². The SMILES string of the molecule is CCOc1ccc(N2C(=O)c3ccc(C(=O)OC)cc3C2=O)cc1.